The van der Waals surface area contributed by atoms with Crippen LogP contribution in [-0.2, 0) is 4.79 Å². The molecule has 0 bridgehead atoms. The standard InChI is InChI=1S/C19H21F2N3O2/c1-13(24-9-3-2-4-10-24)19(25)23-18-8-6-15(12-22-18)26-17-7-5-14(20)11-16(17)21/h5-8,11-13H,2-4,9-10H2,1H3,(H,22,23,25)/t13-/m0/s1. The molecule has 1 atom stereocenters. The third-order valence-corrected chi connectivity index (χ3v) is 4.43. The number of nitrogens with zero attached hydrogens (tertiary/aromatic N) is 2. The molecule has 0 aliphatic carbocycles. The fourth-order valence-corrected chi connectivity index (χ4v) is 2.90. The average molecular weight is 361 g/mol. The van der Waals surface area contributed by atoms with Gasteiger partial charge in [-0.25, -0.2) is 13.8 Å². The largest absolute Gasteiger partial charge is 0.453 e. The van der Waals surface area contributed by atoms with Crippen LogP contribution < -0.4 is 10.1 Å². The Balaban J connectivity index is 1.59. The van der Waals surface area contributed by atoms with Gasteiger partial charge in [-0.1, -0.05) is 6.42 Å². The molecule has 5 nitrogen and oxygen atoms in total. The highest BCUT2D eigenvalue weighted by atomic mass is 19.1. The maximum atomic E-state index is 13.6. The van der Waals surface area contributed by atoms with Crippen LogP contribution in [0.25, 0.3) is 0 Å². The molecule has 2 aromatic rings. The molecule has 7 heteroatoms. The first-order chi connectivity index (χ1) is 12.5. The van der Waals surface area contributed by atoms with Gasteiger partial charge in [0.2, 0.25) is 5.91 Å². The van der Waals surface area contributed by atoms with Crippen molar-refractivity contribution in [2.24, 2.45) is 0 Å². The number of rotatable bonds is 5. The Morgan fingerprint density at radius 3 is 2.62 bits per heavy atom. The first-order valence-electron chi connectivity index (χ1n) is 8.67. The molecule has 1 aromatic heterocycles. The summed E-state index contributed by atoms with van der Waals surface area (Å²) in [6.07, 6.45) is 4.82. The van der Waals surface area contributed by atoms with E-state index in [1.54, 1.807) is 12.1 Å². The Morgan fingerprint density at radius 1 is 1.19 bits per heavy atom. The number of amides is 1. The van der Waals surface area contributed by atoms with E-state index in [9.17, 15) is 13.6 Å². The zero-order valence-electron chi connectivity index (χ0n) is 14.5. The van der Waals surface area contributed by atoms with Gasteiger partial charge in [-0.05, 0) is 57.1 Å². The average Bonchev–Trinajstić information content (AvgIpc) is 2.65. The molecule has 0 radical (unpaired) electrons. The lowest BCUT2D eigenvalue weighted by atomic mass is 10.1. The number of anilines is 1. The van der Waals surface area contributed by atoms with Crippen LogP contribution in [0.4, 0.5) is 14.6 Å². The molecule has 0 spiro atoms. The minimum atomic E-state index is -0.794. The summed E-state index contributed by atoms with van der Waals surface area (Å²) in [6.45, 7) is 3.74. The van der Waals surface area contributed by atoms with Gasteiger partial charge >= 0.3 is 0 Å². The van der Waals surface area contributed by atoms with Crippen LogP contribution in [-0.4, -0.2) is 34.9 Å². The van der Waals surface area contributed by atoms with Crippen molar-refractivity contribution < 1.29 is 18.3 Å². The fraction of sp³-hybridized carbons (Fsp3) is 0.368. The lowest BCUT2D eigenvalue weighted by molar-refractivity contribution is -0.121. The highest BCUT2D eigenvalue weighted by Crippen LogP contribution is 2.25. The predicted molar refractivity (Wildman–Crippen MR) is 94.2 cm³/mol. The quantitative estimate of drug-likeness (QED) is 0.876. The Labute approximate surface area is 151 Å². The van der Waals surface area contributed by atoms with E-state index in [1.165, 1.54) is 18.7 Å². The normalized spacial score (nSPS) is 16.1. The summed E-state index contributed by atoms with van der Waals surface area (Å²) in [5.41, 5.74) is 0. The topological polar surface area (TPSA) is 54.5 Å². The molecule has 1 N–H and O–H groups in total. The van der Waals surface area contributed by atoms with Crippen LogP contribution in [0.5, 0.6) is 11.5 Å². The van der Waals surface area contributed by atoms with E-state index in [4.69, 9.17) is 4.74 Å². The van der Waals surface area contributed by atoms with Gasteiger partial charge in [-0.15, -0.1) is 0 Å². The highest BCUT2D eigenvalue weighted by Gasteiger charge is 2.23. The van der Waals surface area contributed by atoms with Crippen molar-refractivity contribution in [2.75, 3.05) is 18.4 Å². The number of halogens is 2. The van der Waals surface area contributed by atoms with E-state index in [0.29, 0.717) is 5.82 Å². The number of aromatic nitrogens is 1. The summed E-state index contributed by atoms with van der Waals surface area (Å²) in [6, 6.07) is 6.00. The molecule has 3 rings (SSSR count). The van der Waals surface area contributed by atoms with Gasteiger partial charge in [0.05, 0.1) is 12.2 Å². The molecule has 138 valence electrons. The van der Waals surface area contributed by atoms with Gasteiger partial charge in [0.25, 0.3) is 0 Å². The zero-order chi connectivity index (χ0) is 18.5. The molecule has 1 aliphatic heterocycles. The number of ether oxygens (including phenoxy) is 1. The van der Waals surface area contributed by atoms with Crippen molar-refractivity contribution in [3.8, 4) is 11.5 Å². The zero-order valence-corrected chi connectivity index (χ0v) is 14.5. The van der Waals surface area contributed by atoms with Crippen LogP contribution in [0, 0.1) is 11.6 Å². The fourth-order valence-electron chi connectivity index (χ4n) is 2.90. The minimum Gasteiger partial charge on any atom is -0.453 e. The second kappa shape index (κ2) is 8.23. The van der Waals surface area contributed by atoms with Gasteiger partial charge in [-0.3, -0.25) is 9.69 Å². The van der Waals surface area contributed by atoms with Gasteiger partial charge in [0, 0.05) is 6.07 Å². The van der Waals surface area contributed by atoms with E-state index >= 15 is 0 Å². The van der Waals surface area contributed by atoms with Crippen molar-refractivity contribution >= 4 is 11.7 Å². The van der Waals surface area contributed by atoms with Crippen LogP contribution in [0.3, 0.4) is 0 Å². The van der Waals surface area contributed by atoms with Gasteiger partial charge in [0.15, 0.2) is 11.6 Å². The Hall–Kier alpha value is -2.54. The Kier molecular flexibility index (Phi) is 5.78. The highest BCUT2D eigenvalue weighted by molar-refractivity contribution is 5.93. The minimum absolute atomic E-state index is 0.0938. The number of hydrogen-bond acceptors (Lipinski definition) is 4. The Morgan fingerprint density at radius 2 is 1.96 bits per heavy atom. The lowest BCUT2D eigenvalue weighted by Gasteiger charge is -2.31. The van der Waals surface area contributed by atoms with Crippen LogP contribution in [0.15, 0.2) is 36.5 Å². The smallest absolute Gasteiger partial charge is 0.242 e. The predicted octanol–water partition coefficient (Wildman–Crippen LogP) is 3.97. The SMILES string of the molecule is C[C@@H](C(=O)Nc1ccc(Oc2ccc(F)cc2F)cn1)N1CCCCC1. The lowest BCUT2D eigenvalue weighted by Crippen LogP contribution is -2.44. The van der Waals surface area contributed by atoms with Crippen molar-refractivity contribution in [1.82, 2.24) is 9.88 Å². The number of carbonyl (C=O) groups excluding carboxylic acids is 1. The number of piperidine rings is 1. The number of hydrogen-bond donors (Lipinski definition) is 1. The summed E-state index contributed by atoms with van der Waals surface area (Å²) in [7, 11) is 0. The third kappa shape index (κ3) is 4.54. The number of likely N-dealkylation sites (tertiary alicyclic amines) is 1. The van der Waals surface area contributed by atoms with Crippen LogP contribution in [0.2, 0.25) is 0 Å². The maximum Gasteiger partial charge on any atom is 0.242 e. The van der Waals surface area contributed by atoms with Crippen molar-refractivity contribution in [3.63, 3.8) is 0 Å². The summed E-state index contributed by atoms with van der Waals surface area (Å²) in [4.78, 5) is 18.6. The molecule has 1 saturated heterocycles. The maximum absolute atomic E-state index is 13.6. The van der Waals surface area contributed by atoms with E-state index in [0.717, 1.165) is 38.1 Å². The molecule has 1 fully saturated rings. The van der Waals surface area contributed by atoms with Crippen LogP contribution in [0.1, 0.15) is 26.2 Å². The second-order valence-corrected chi connectivity index (χ2v) is 6.32. The molecule has 2 heterocycles. The molecule has 0 unspecified atom stereocenters. The van der Waals surface area contributed by atoms with Gasteiger partial charge in [0.1, 0.15) is 17.4 Å². The third-order valence-electron chi connectivity index (χ3n) is 4.43. The number of pyridine rings is 1. The first-order valence-corrected chi connectivity index (χ1v) is 8.67. The summed E-state index contributed by atoms with van der Waals surface area (Å²) < 4.78 is 31.9. The van der Waals surface area contributed by atoms with Crippen molar-refractivity contribution in [2.45, 2.75) is 32.2 Å². The van der Waals surface area contributed by atoms with Gasteiger partial charge in [-0.2, -0.15) is 0 Å². The molecule has 0 saturated carbocycles. The van der Waals surface area contributed by atoms with Crippen LogP contribution >= 0.6 is 0 Å². The molecule has 26 heavy (non-hydrogen) atoms. The number of nitrogens with one attached hydrogen (secondary N) is 1. The van der Waals surface area contributed by atoms with E-state index in [-0.39, 0.29) is 23.4 Å². The summed E-state index contributed by atoms with van der Waals surface area (Å²) >= 11 is 0. The molecular formula is C19H21F2N3O2. The number of carbonyl (C=O) groups is 1. The summed E-state index contributed by atoms with van der Waals surface area (Å²) in [5, 5.41) is 2.78. The van der Waals surface area contributed by atoms with Crippen molar-refractivity contribution in [1.29, 1.82) is 0 Å². The van der Waals surface area contributed by atoms with E-state index in [1.807, 2.05) is 6.92 Å². The molecular weight excluding hydrogens is 340 g/mol. The molecule has 1 aromatic carbocycles. The molecule has 1 amide bonds. The van der Waals surface area contributed by atoms with Gasteiger partial charge < -0.3 is 10.1 Å². The Bertz CT molecular complexity index is 762. The summed E-state index contributed by atoms with van der Waals surface area (Å²) in [5.74, 6) is -0.990. The second-order valence-electron chi connectivity index (χ2n) is 6.32. The monoisotopic (exact) mass is 361 g/mol. The molecule has 1 aliphatic rings. The van der Waals surface area contributed by atoms with E-state index < -0.39 is 11.6 Å². The first kappa shape index (κ1) is 18.3. The number of benzene rings is 1. The van der Waals surface area contributed by atoms with E-state index in [2.05, 4.69) is 15.2 Å². The van der Waals surface area contributed by atoms with Crippen molar-refractivity contribution in [3.05, 3.63) is 48.2 Å².